The van der Waals surface area contributed by atoms with Crippen LogP contribution in [-0.4, -0.2) is 25.5 Å². The molecule has 184 valence electrons. The number of nitrogens with zero attached hydrogens (tertiary/aromatic N) is 3. The highest BCUT2D eigenvalue weighted by molar-refractivity contribution is 7.19. The van der Waals surface area contributed by atoms with E-state index in [1.54, 1.807) is 11.2 Å². The van der Waals surface area contributed by atoms with Crippen molar-refractivity contribution < 1.29 is 4.79 Å². The number of fused-ring (bicyclic) bond motifs is 4. The zero-order valence-corrected chi connectivity index (χ0v) is 22.1. The Balaban J connectivity index is 1.43. The summed E-state index contributed by atoms with van der Waals surface area (Å²) in [6.07, 6.45) is 9.23. The van der Waals surface area contributed by atoms with Gasteiger partial charge in [0, 0.05) is 28.4 Å². The van der Waals surface area contributed by atoms with Gasteiger partial charge in [0.15, 0.2) is 5.65 Å². The van der Waals surface area contributed by atoms with Crippen molar-refractivity contribution in [1.29, 1.82) is 0 Å². The van der Waals surface area contributed by atoms with Gasteiger partial charge in [-0.1, -0.05) is 13.8 Å². The average Bonchev–Trinajstić information content (AvgIpc) is 3.53. The number of rotatable bonds is 5. The van der Waals surface area contributed by atoms with Crippen LogP contribution in [0.2, 0.25) is 0 Å². The topological polar surface area (TPSA) is 89.1 Å². The Morgan fingerprint density at radius 2 is 1.89 bits per heavy atom. The van der Waals surface area contributed by atoms with Gasteiger partial charge in [-0.2, -0.15) is 5.10 Å². The molecule has 0 saturated heterocycles. The lowest BCUT2D eigenvalue weighted by Crippen LogP contribution is -2.29. The van der Waals surface area contributed by atoms with Gasteiger partial charge in [0.2, 0.25) is 5.91 Å². The molecule has 6 rings (SSSR count). The average molecular weight is 490 g/mol. The first kappa shape index (κ1) is 22.8. The number of hydrogen-bond donors (Lipinski definition) is 2. The van der Waals surface area contributed by atoms with E-state index in [0.717, 1.165) is 5.65 Å². The van der Waals surface area contributed by atoms with Gasteiger partial charge in [-0.25, -0.2) is 9.50 Å². The van der Waals surface area contributed by atoms with E-state index in [4.69, 9.17) is 5.73 Å². The molecule has 2 bridgehead atoms. The molecule has 7 heteroatoms. The molecule has 4 heterocycles. The normalized spacial score (nSPS) is 24.3. The second-order valence-electron chi connectivity index (χ2n) is 11.3. The van der Waals surface area contributed by atoms with Crippen molar-refractivity contribution in [3.8, 4) is 11.3 Å². The minimum Gasteiger partial charge on any atom is -0.370 e. The largest absolute Gasteiger partial charge is 0.370 e. The van der Waals surface area contributed by atoms with Crippen LogP contribution in [0.25, 0.3) is 27.1 Å². The number of pyridine rings is 1. The smallest absolute Gasteiger partial charge is 0.217 e. The summed E-state index contributed by atoms with van der Waals surface area (Å²) in [5, 5.41) is 5.84. The van der Waals surface area contributed by atoms with E-state index in [1.807, 2.05) is 15.9 Å². The lowest BCUT2D eigenvalue weighted by atomic mass is 9.71. The number of hydrogen-bond acceptors (Lipinski definition) is 4. The van der Waals surface area contributed by atoms with E-state index >= 15 is 0 Å². The van der Waals surface area contributed by atoms with Crippen LogP contribution in [-0.2, 0) is 4.79 Å². The van der Waals surface area contributed by atoms with Crippen molar-refractivity contribution in [2.45, 2.75) is 78.6 Å². The van der Waals surface area contributed by atoms with Crippen molar-refractivity contribution in [1.82, 2.24) is 19.6 Å². The molecular weight excluding hydrogens is 454 g/mol. The first-order chi connectivity index (χ1) is 16.7. The monoisotopic (exact) mass is 489 g/mol. The molecule has 3 unspecified atom stereocenters. The molecule has 3 N–H and O–H groups in total. The summed E-state index contributed by atoms with van der Waals surface area (Å²) in [6, 6.07) is 0. The molecule has 4 atom stereocenters. The molecule has 4 aromatic heterocycles. The van der Waals surface area contributed by atoms with Gasteiger partial charge in [-0.05, 0) is 98.3 Å². The number of carbonyl (C=O) groups is 1. The Labute approximate surface area is 210 Å². The van der Waals surface area contributed by atoms with E-state index in [2.05, 4.69) is 55.9 Å². The van der Waals surface area contributed by atoms with Gasteiger partial charge in [0.05, 0.1) is 5.69 Å². The Morgan fingerprint density at radius 3 is 2.54 bits per heavy atom. The Kier molecular flexibility index (Phi) is 5.33. The van der Waals surface area contributed by atoms with Crippen LogP contribution in [0.5, 0.6) is 0 Å². The van der Waals surface area contributed by atoms with Crippen LogP contribution in [0.15, 0.2) is 12.5 Å². The van der Waals surface area contributed by atoms with Gasteiger partial charge < -0.3 is 10.7 Å². The maximum absolute atomic E-state index is 11.6. The molecule has 0 aromatic carbocycles. The van der Waals surface area contributed by atoms with Crippen molar-refractivity contribution >= 4 is 33.1 Å². The fraction of sp³-hybridized carbons (Fsp3) is 0.536. The van der Waals surface area contributed by atoms with Gasteiger partial charge in [-0.3, -0.25) is 4.79 Å². The minimum absolute atomic E-state index is 0.130. The zero-order valence-electron chi connectivity index (χ0n) is 21.3. The summed E-state index contributed by atoms with van der Waals surface area (Å²) in [5.41, 5.74) is 14.2. The highest BCUT2D eigenvalue weighted by Crippen LogP contribution is 2.55. The minimum atomic E-state index is -0.130. The lowest BCUT2D eigenvalue weighted by Gasteiger charge is -2.35. The molecule has 0 radical (unpaired) electrons. The van der Waals surface area contributed by atoms with Crippen LogP contribution in [0.1, 0.15) is 84.9 Å². The fourth-order valence-electron chi connectivity index (χ4n) is 7.32. The molecule has 2 aliphatic carbocycles. The third-order valence-electron chi connectivity index (χ3n) is 9.04. The molecule has 1 amide bonds. The third-order valence-corrected chi connectivity index (χ3v) is 10.4. The van der Waals surface area contributed by atoms with Crippen LogP contribution < -0.4 is 5.73 Å². The number of nitrogens with one attached hydrogen (secondary N) is 1. The molecule has 2 aliphatic rings. The van der Waals surface area contributed by atoms with Crippen LogP contribution >= 0.6 is 11.3 Å². The highest BCUT2D eigenvalue weighted by atomic mass is 32.1. The Bertz CT molecular complexity index is 1440. The van der Waals surface area contributed by atoms with Gasteiger partial charge in [0.25, 0.3) is 0 Å². The van der Waals surface area contributed by atoms with Crippen molar-refractivity contribution in [3.05, 3.63) is 39.7 Å². The number of aromatic nitrogens is 4. The predicted molar refractivity (Wildman–Crippen MR) is 142 cm³/mol. The van der Waals surface area contributed by atoms with Crippen LogP contribution in [0.3, 0.4) is 0 Å². The summed E-state index contributed by atoms with van der Waals surface area (Å²) in [6.45, 7) is 11.3. The van der Waals surface area contributed by atoms with Crippen LogP contribution in [0.4, 0.5) is 0 Å². The molecule has 6 nitrogen and oxygen atoms in total. The first-order valence-electron chi connectivity index (χ1n) is 13.0. The first-order valence-corrected chi connectivity index (χ1v) is 13.8. The number of H-pyrrole nitrogens is 1. The molecule has 0 spiro atoms. The Hall–Kier alpha value is -2.67. The maximum atomic E-state index is 11.6. The maximum Gasteiger partial charge on any atom is 0.217 e. The summed E-state index contributed by atoms with van der Waals surface area (Å²) >= 11 is 1.96. The van der Waals surface area contributed by atoms with E-state index in [9.17, 15) is 4.79 Å². The van der Waals surface area contributed by atoms with Crippen molar-refractivity contribution in [3.63, 3.8) is 0 Å². The van der Waals surface area contributed by atoms with Crippen LogP contribution in [0, 0.1) is 38.5 Å². The standard InChI is InChI=1S/C28H35N5OS/c1-13(2)23-24-16(5)26(19-8-17-6-7-18(9-19)20(17)10-22(29)34)35-28(24)32-25(23)21-11-33-27(30-12-31-33)15(4)14(21)3/h11-13,17-20,32H,6-10H2,1-5H3,(H2,29,34)/t17-,18?,19?,20?/m1/s1. The van der Waals surface area contributed by atoms with Gasteiger partial charge in [0.1, 0.15) is 11.2 Å². The Morgan fingerprint density at radius 1 is 1.17 bits per heavy atom. The number of nitrogens with two attached hydrogens (primary N) is 1. The number of primary amides is 1. The molecular formula is C28H35N5OS. The second kappa shape index (κ2) is 8.19. The molecule has 2 fully saturated rings. The SMILES string of the molecule is Cc1c(-c2[nH]c3sc(C4CC5CC[C@H](C4)C5CC(N)=O)c(C)c3c2C(C)C)cn2ncnc2c1C. The summed E-state index contributed by atoms with van der Waals surface area (Å²) in [4.78, 5) is 22.8. The number of aryl methyl sites for hydroxylation is 2. The van der Waals surface area contributed by atoms with E-state index in [1.165, 1.54) is 69.4 Å². The second-order valence-corrected chi connectivity index (χ2v) is 12.3. The zero-order chi connectivity index (χ0) is 24.6. The number of amides is 1. The number of aromatic amines is 1. The van der Waals surface area contributed by atoms with Crippen molar-refractivity contribution in [2.75, 3.05) is 0 Å². The molecule has 2 saturated carbocycles. The third kappa shape index (κ3) is 3.45. The fourth-order valence-corrected chi connectivity index (χ4v) is 8.67. The molecule has 0 aliphatic heterocycles. The highest BCUT2D eigenvalue weighted by Gasteiger charge is 2.44. The summed E-state index contributed by atoms with van der Waals surface area (Å²) < 4.78 is 1.90. The van der Waals surface area contributed by atoms with E-state index in [0.29, 0.717) is 36.0 Å². The van der Waals surface area contributed by atoms with Gasteiger partial charge in [-0.15, -0.1) is 11.3 Å². The van der Waals surface area contributed by atoms with E-state index < -0.39 is 0 Å². The quantitative estimate of drug-likeness (QED) is 0.341. The van der Waals surface area contributed by atoms with Crippen molar-refractivity contribution in [2.24, 2.45) is 23.5 Å². The number of thiophene rings is 1. The predicted octanol–water partition coefficient (Wildman–Crippen LogP) is 6.38. The van der Waals surface area contributed by atoms with E-state index in [-0.39, 0.29) is 5.91 Å². The molecule has 35 heavy (non-hydrogen) atoms. The summed E-state index contributed by atoms with van der Waals surface area (Å²) in [5.74, 6) is 2.66. The number of carbonyl (C=O) groups excluding carboxylic acids is 1. The molecule has 4 aromatic rings. The van der Waals surface area contributed by atoms with Gasteiger partial charge >= 0.3 is 0 Å². The lowest BCUT2D eigenvalue weighted by molar-refractivity contribution is -0.119. The summed E-state index contributed by atoms with van der Waals surface area (Å²) in [7, 11) is 0.